The first kappa shape index (κ1) is 20.7. The number of halogens is 3. The lowest BCUT2D eigenvalue weighted by atomic mass is 9.99. The average molecular weight is 427 g/mol. The van der Waals surface area contributed by atoms with Crippen LogP contribution in [0.3, 0.4) is 0 Å². The summed E-state index contributed by atoms with van der Waals surface area (Å²) in [6, 6.07) is 12.5. The molecule has 0 spiro atoms. The molecule has 160 valence electrons. The second kappa shape index (κ2) is 8.29. The predicted octanol–water partition coefficient (Wildman–Crippen LogP) is 4.23. The summed E-state index contributed by atoms with van der Waals surface area (Å²) in [6.07, 6.45) is -0.0725. The molecule has 4 rings (SSSR count). The monoisotopic (exact) mass is 427 g/mol. The van der Waals surface area contributed by atoms with Gasteiger partial charge in [-0.2, -0.15) is 13.2 Å². The molecule has 2 heterocycles. The Labute approximate surface area is 176 Å². The molecule has 0 atom stereocenters. The molecule has 31 heavy (non-hydrogen) atoms. The second-order valence-corrected chi connectivity index (χ2v) is 7.29. The van der Waals surface area contributed by atoms with Crippen molar-refractivity contribution in [3.63, 3.8) is 0 Å². The maximum Gasteiger partial charge on any atom is 0.417 e. The van der Waals surface area contributed by atoms with Gasteiger partial charge in [-0.05, 0) is 30.2 Å². The van der Waals surface area contributed by atoms with Crippen molar-refractivity contribution < 1.29 is 22.8 Å². The first-order valence-corrected chi connectivity index (χ1v) is 9.82. The van der Waals surface area contributed by atoms with Gasteiger partial charge in [0.05, 0.1) is 17.7 Å². The number of aromatic amines is 1. The van der Waals surface area contributed by atoms with Crippen LogP contribution < -0.4 is 5.32 Å². The molecule has 1 aromatic heterocycles. The largest absolute Gasteiger partial charge is 0.417 e. The smallest absolute Gasteiger partial charge is 0.361 e. The molecule has 1 aliphatic rings. The van der Waals surface area contributed by atoms with E-state index in [9.17, 15) is 22.8 Å². The van der Waals surface area contributed by atoms with Gasteiger partial charge in [-0.15, -0.1) is 0 Å². The summed E-state index contributed by atoms with van der Waals surface area (Å²) in [5.74, 6) is -1.26. The van der Waals surface area contributed by atoms with Crippen LogP contribution in [0.25, 0.3) is 16.5 Å². The molecule has 0 bridgehead atoms. The van der Waals surface area contributed by atoms with Crippen molar-refractivity contribution in [3.8, 4) is 0 Å². The Morgan fingerprint density at radius 3 is 2.55 bits per heavy atom. The fourth-order valence-corrected chi connectivity index (χ4v) is 3.77. The number of nitrogens with one attached hydrogen (secondary N) is 2. The van der Waals surface area contributed by atoms with Crippen LogP contribution in [0.5, 0.6) is 0 Å². The van der Waals surface area contributed by atoms with Crippen LogP contribution in [0.4, 0.5) is 13.2 Å². The first-order chi connectivity index (χ1) is 14.8. The van der Waals surface area contributed by atoms with Gasteiger partial charge in [0.15, 0.2) is 0 Å². The summed E-state index contributed by atoms with van der Waals surface area (Å²) in [5, 5.41) is 3.43. The molecule has 2 N–H and O–H groups in total. The quantitative estimate of drug-likeness (QED) is 0.655. The number of rotatable bonds is 4. The van der Waals surface area contributed by atoms with E-state index in [0.29, 0.717) is 19.5 Å². The first-order valence-electron chi connectivity index (χ1n) is 9.82. The SMILES string of the molecule is O=C(NCC(=O)N1CC=C(c2c[nH]c3ccccc23)CC1)c1ccccc1C(F)(F)F. The third-order valence-corrected chi connectivity index (χ3v) is 5.37. The van der Waals surface area contributed by atoms with Crippen LogP contribution in [0, 0.1) is 0 Å². The number of hydrogen-bond donors (Lipinski definition) is 2. The summed E-state index contributed by atoms with van der Waals surface area (Å²) in [5.41, 5.74) is 1.75. The van der Waals surface area contributed by atoms with E-state index in [-0.39, 0.29) is 12.5 Å². The van der Waals surface area contributed by atoms with Crippen molar-refractivity contribution >= 4 is 28.3 Å². The van der Waals surface area contributed by atoms with Gasteiger partial charge >= 0.3 is 6.18 Å². The van der Waals surface area contributed by atoms with Gasteiger partial charge in [-0.1, -0.05) is 36.4 Å². The summed E-state index contributed by atoms with van der Waals surface area (Å²) in [7, 11) is 0. The molecule has 2 aromatic carbocycles. The standard InChI is InChI=1S/C23H20F3N3O2/c24-23(25,26)19-7-3-1-6-17(19)22(31)28-14-21(30)29-11-9-15(10-12-29)18-13-27-20-8-4-2-5-16(18)20/h1-9,13,27H,10-12,14H2,(H,28,31). The minimum Gasteiger partial charge on any atom is -0.361 e. The number of benzene rings is 2. The van der Waals surface area contributed by atoms with E-state index in [1.165, 1.54) is 12.1 Å². The van der Waals surface area contributed by atoms with E-state index >= 15 is 0 Å². The normalized spacial score (nSPS) is 14.4. The Morgan fingerprint density at radius 2 is 1.81 bits per heavy atom. The lowest BCUT2D eigenvalue weighted by Gasteiger charge is -2.26. The highest BCUT2D eigenvalue weighted by Gasteiger charge is 2.35. The van der Waals surface area contributed by atoms with Crippen molar-refractivity contribution in [2.75, 3.05) is 19.6 Å². The fourth-order valence-electron chi connectivity index (χ4n) is 3.77. The Kier molecular flexibility index (Phi) is 5.54. The van der Waals surface area contributed by atoms with Crippen LogP contribution in [0.1, 0.15) is 27.9 Å². The topological polar surface area (TPSA) is 65.2 Å². The van der Waals surface area contributed by atoms with Crippen molar-refractivity contribution in [1.29, 1.82) is 0 Å². The number of para-hydroxylation sites is 1. The van der Waals surface area contributed by atoms with E-state index in [1.807, 2.05) is 36.5 Å². The number of H-pyrrole nitrogens is 1. The number of carbonyl (C=O) groups is 2. The molecule has 0 unspecified atom stereocenters. The molecular formula is C23H20F3N3O2. The molecule has 0 saturated carbocycles. The van der Waals surface area contributed by atoms with E-state index in [4.69, 9.17) is 0 Å². The number of nitrogens with zero attached hydrogens (tertiary/aromatic N) is 1. The number of carbonyl (C=O) groups excluding carboxylic acids is 2. The Hall–Kier alpha value is -3.55. The lowest BCUT2D eigenvalue weighted by molar-refractivity contribution is -0.137. The molecule has 2 amide bonds. The summed E-state index contributed by atoms with van der Waals surface area (Å²) < 4.78 is 39.3. The molecule has 0 aliphatic carbocycles. The minimum atomic E-state index is -4.64. The van der Waals surface area contributed by atoms with Crippen molar-refractivity contribution in [1.82, 2.24) is 15.2 Å². The molecule has 1 aliphatic heterocycles. The van der Waals surface area contributed by atoms with Crippen molar-refractivity contribution in [2.24, 2.45) is 0 Å². The van der Waals surface area contributed by atoms with Crippen LogP contribution in [-0.4, -0.2) is 41.3 Å². The molecular weight excluding hydrogens is 407 g/mol. The zero-order chi connectivity index (χ0) is 22.0. The number of alkyl halides is 3. The van der Waals surface area contributed by atoms with Crippen LogP contribution in [0.2, 0.25) is 0 Å². The van der Waals surface area contributed by atoms with E-state index in [1.54, 1.807) is 4.90 Å². The zero-order valence-corrected chi connectivity index (χ0v) is 16.5. The summed E-state index contributed by atoms with van der Waals surface area (Å²) >= 11 is 0. The predicted molar refractivity (Wildman–Crippen MR) is 111 cm³/mol. The highest BCUT2D eigenvalue weighted by Crippen LogP contribution is 2.32. The van der Waals surface area contributed by atoms with Crippen LogP contribution in [-0.2, 0) is 11.0 Å². The highest BCUT2D eigenvalue weighted by atomic mass is 19.4. The minimum absolute atomic E-state index is 0.341. The van der Waals surface area contributed by atoms with Gasteiger partial charge in [0.25, 0.3) is 5.91 Å². The summed E-state index contributed by atoms with van der Waals surface area (Å²) in [4.78, 5) is 29.5. The van der Waals surface area contributed by atoms with E-state index in [2.05, 4.69) is 10.3 Å². The van der Waals surface area contributed by atoms with Gasteiger partial charge < -0.3 is 15.2 Å². The van der Waals surface area contributed by atoms with Crippen LogP contribution >= 0.6 is 0 Å². The van der Waals surface area contributed by atoms with Crippen LogP contribution in [0.15, 0.2) is 60.8 Å². The Balaban J connectivity index is 1.38. The third kappa shape index (κ3) is 4.33. The molecule has 0 fully saturated rings. The average Bonchev–Trinajstić information content (AvgIpc) is 3.21. The highest BCUT2D eigenvalue weighted by molar-refractivity contribution is 5.98. The molecule has 3 aromatic rings. The fraction of sp³-hybridized carbons (Fsp3) is 0.217. The number of hydrogen-bond acceptors (Lipinski definition) is 2. The lowest BCUT2D eigenvalue weighted by Crippen LogP contribution is -2.42. The molecule has 5 nitrogen and oxygen atoms in total. The van der Waals surface area contributed by atoms with Gasteiger partial charge in [-0.25, -0.2) is 0 Å². The van der Waals surface area contributed by atoms with E-state index in [0.717, 1.165) is 34.2 Å². The maximum atomic E-state index is 13.1. The van der Waals surface area contributed by atoms with Gasteiger partial charge in [-0.3, -0.25) is 9.59 Å². The molecule has 8 heteroatoms. The van der Waals surface area contributed by atoms with Crippen molar-refractivity contribution in [2.45, 2.75) is 12.6 Å². The van der Waals surface area contributed by atoms with Gasteiger partial charge in [0.2, 0.25) is 5.91 Å². The number of amides is 2. The third-order valence-electron chi connectivity index (χ3n) is 5.37. The second-order valence-electron chi connectivity index (χ2n) is 7.29. The molecule has 0 radical (unpaired) electrons. The number of fused-ring (bicyclic) bond motifs is 1. The van der Waals surface area contributed by atoms with Crippen molar-refractivity contribution in [3.05, 3.63) is 77.5 Å². The van der Waals surface area contributed by atoms with E-state index < -0.39 is 23.2 Å². The summed E-state index contributed by atoms with van der Waals surface area (Å²) in [6.45, 7) is 0.489. The molecule has 0 saturated heterocycles. The number of aromatic nitrogens is 1. The Morgan fingerprint density at radius 1 is 1.06 bits per heavy atom. The van der Waals surface area contributed by atoms with Gasteiger partial charge in [0.1, 0.15) is 0 Å². The maximum absolute atomic E-state index is 13.1. The Bertz CT molecular complexity index is 1160. The zero-order valence-electron chi connectivity index (χ0n) is 16.5. The van der Waals surface area contributed by atoms with Gasteiger partial charge in [0, 0.05) is 35.8 Å².